The van der Waals surface area contributed by atoms with E-state index in [1.54, 1.807) is 18.2 Å². The second-order valence-electron chi connectivity index (χ2n) is 5.75. The van der Waals surface area contributed by atoms with Crippen molar-refractivity contribution in [2.45, 2.75) is 20.0 Å². The maximum absolute atomic E-state index is 13.5. The molecule has 0 saturated heterocycles. The number of nitriles is 1. The number of rotatable bonds is 5. The van der Waals surface area contributed by atoms with Gasteiger partial charge in [-0.25, -0.2) is 9.37 Å². The van der Waals surface area contributed by atoms with Gasteiger partial charge in [0.1, 0.15) is 11.6 Å². The van der Waals surface area contributed by atoms with Crippen LogP contribution in [0, 0.1) is 17.1 Å². The average Bonchev–Trinajstić information content (AvgIpc) is 2.61. The number of aromatic amines is 1. The first-order valence-corrected chi connectivity index (χ1v) is 7.99. The van der Waals surface area contributed by atoms with E-state index in [1.165, 1.54) is 18.2 Å². The maximum Gasteiger partial charge on any atom is 0.258 e. The molecular weight excluding hydrogens is 319 g/mol. The quantitative estimate of drug-likeness (QED) is 0.777. The van der Waals surface area contributed by atoms with Gasteiger partial charge in [-0.05, 0) is 42.4 Å². The molecule has 0 unspecified atom stereocenters. The molecule has 126 valence electrons. The second-order valence-corrected chi connectivity index (χ2v) is 5.75. The van der Waals surface area contributed by atoms with Crippen molar-refractivity contribution in [1.29, 1.82) is 5.26 Å². The molecule has 0 saturated carbocycles. The Morgan fingerprint density at radius 1 is 1.24 bits per heavy atom. The number of para-hydroxylation sites is 1. The Morgan fingerprint density at radius 3 is 2.80 bits per heavy atom. The third-order valence-electron chi connectivity index (χ3n) is 4.06. The Labute approximate surface area is 144 Å². The molecule has 1 aromatic heterocycles. The molecule has 0 spiro atoms. The predicted octanol–water partition coefficient (Wildman–Crippen LogP) is 2.96. The molecule has 1 N–H and O–H groups in total. The van der Waals surface area contributed by atoms with Crippen LogP contribution in [-0.4, -0.2) is 21.4 Å². The van der Waals surface area contributed by atoms with Crippen molar-refractivity contribution in [3.8, 4) is 6.07 Å². The van der Waals surface area contributed by atoms with Gasteiger partial charge in [0.25, 0.3) is 5.56 Å². The zero-order chi connectivity index (χ0) is 17.8. The molecule has 0 fully saturated rings. The summed E-state index contributed by atoms with van der Waals surface area (Å²) in [6.45, 7) is 3.42. The summed E-state index contributed by atoms with van der Waals surface area (Å²) in [4.78, 5) is 21.4. The van der Waals surface area contributed by atoms with Crippen LogP contribution in [0.25, 0.3) is 10.9 Å². The van der Waals surface area contributed by atoms with Crippen LogP contribution in [0.4, 0.5) is 4.39 Å². The topological polar surface area (TPSA) is 72.8 Å². The summed E-state index contributed by atoms with van der Waals surface area (Å²) in [6, 6.07) is 13.4. The Kier molecular flexibility index (Phi) is 4.87. The Balaban J connectivity index is 1.87. The van der Waals surface area contributed by atoms with E-state index >= 15 is 0 Å². The first kappa shape index (κ1) is 16.8. The molecule has 0 amide bonds. The zero-order valence-corrected chi connectivity index (χ0v) is 13.8. The van der Waals surface area contributed by atoms with Crippen molar-refractivity contribution in [1.82, 2.24) is 14.9 Å². The van der Waals surface area contributed by atoms with E-state index in [4.69, 9.17) is 0 Å². The van der Waals surface area contributed by atoms with E-state index in [1.807, 2.05) is 17.9 Å². The summed E-state index contributed by atoms with van der Waals surface area (Å²) in [7, 11) is 0. The van der Waals surface area contributed by atoms with Crippen molar-refractivity contribution in [2.75, 3.05) is 6.54 Å². The Hall–Kier alpha value is -3.04. The van der Waals surface area contributed by atoms with E-state index in [2.05, 4.69) is 16.0 Å². The Bertz CT molecular complexity index is 1010. The van der Waals surface area contributed by atoms with Crippen LogP contribution in [0.3, 0.4) is 0 Å². The van der Waals surface area contributed by atoms with Gasteiger partial charge < -0.3 is 4.98 Å². The summed E-state index contributed by atoms with van der Waals surface area (Å²) in [5.74, 6) is 0.169. The third kappa shape index (κ3) is 3.73. The lowest BCUT2D eigenvalue weighted by molar-refractivity contribution is 0.264. The molecule has 0 aliphatic heterocycles. The van der Waals surface area contributed by atoms with Crippen molar-refractivity contribution in [3.63, 3.8) is 0 Å². The van der Waals surface area contributed by atoms with Gasteiger partial charge in [-0.15, -0.1) is 0 Å². The Morgan fingerprint density at radius 2 is 2.04 bits per heavy atom. The number of nitrogens with zero attached hydrogens (tertiary/aromatic N) is 3. The molecule has 3 aromatic rings. The highest BCUT2D eigenvalue weighted by atomic mass is 19.1. The zero-order valence-electron chi connectivity index (χ0n) is 13.8. The van der Waals surface area contributed by atoms with Crippen LogP contribution >= 0.6 is 0 Å². The highest BCUT2D eigenvalue weighted by molar-refractivity contribution is 5.77. The summed E-state index contributed by atoms with van der Waals surface area (Å²) in [6.07, 6.45) is 0. The lowest BCUT2D eigenvalue weighted by atomic mass is 10.1. The summed E-state index contributed by atoms with van der Waals surface area (Å²) < 4.78 is 13.5. The molecule has 0 aliphatic rings. The first-order valence-electron chi connectivity index (χ1n) is 7.99. The number of halogens is 1. The molecule has 5 nitrogen and oxygen atoms in total. The fourth-order valence-electron chi connectivity index (χ4n) is 2.74. The number of fused-ring (bicyclic) bond motifs is 1. The van der Waals surface area contributed by atoms with Gasteiger partial charge in [0.2, 0.25) is 0 Å². The third-order valence-corrected chi connectivity index (χ3v) is 4.06. The van der Waals surface area contributed by atoms with Crippen molar-refractivity contribution in [3.05, 3.63) is 75.6 Å². The number of nitrogens with one attached hydrogen (secondary N) is 1. The minimum Gasteiger partial charge on any atom is -0.309 e. The van der Waals surface area contributed by atoms with Gasteiger partial charge in [-0.2, -0.15) is 5.26 Å². The molecule has 0 aliphatic carbocycles. The van der Waals surface area contributed by atoms with E-state index in [9.17, 15) is 14.4 Å². The molecule has 25 heavy (non-hydrogen) atoms. The minimum absolute atomic E-state index is 0.180. The second kappa shape index (κ2) is 7.24. The van der Waals surface area contributed by atoms with Crippen LogP contribution in [0.5, 0.6) is 0 Å². The van der Waals surface area contributed by atoms with E-state index in [0.29, 0.717) is 47.5 Å². The summed E-state index contributed by atoms with van der Waals surface area (Å²) in [5, 5.41) is 9.74. The smallest absolute Gasteiger partial charge is 0.258 e. The maximum atomic E-state index is 13.5. The monoisotopic (exact) mass is 336 g/mol. The molecule has 6 heteroatoms. The normalized spacial score (nSPS) is 11.0. The van der Waals surface area contributed by atoms with Crippen LogP contribution in [0.15, 0.2) is 47.3 Å². The molecule has 0 atom stereocenters. The van der Waals surface area contributed by atoms with Crippen LogP contribution < -0.4 is 5.56 Å². The highest BCUT2D eigenvalue weighted by Crippen LogP contribution is 2.15. The molecule has 0 bridgehead atoms. The number of H-pyrrole nitrogens is 1. The average molecular weight is 336 g/mol. The molecule has 1 heterocycles. The standard InChI is InChI=1S/C19H17FN4O/c1-2-24(11-14-9-15(20)8-7-13(14)10-21)12-18-22-17-6-4-3-5-16(17)19(25)23-18/h3-9H,2,11-12H2,1H3,(H,22,23,25). The van der Waals surface area contributed by atoms with Gasteiger partial charge in [-0.3, -0.25) is 9.69 Å². The minimum atomic E-state index is -0.373. The number of hydrogen-bond acceptors (Lipinski definition) is 4. The summed E-state index contributed by atoms with van der Waals surface area (Å²) >= 11 is 0. The SMILES string of the molecule is CCN(Cc1nc2ccccc2c(=O)[nH]1)Cc1cc(F)ccc1C#N. The van der Waals surface area contributed by atoms with Gasteiger partial charge in [-0.1, -0.05) is 19.1 Å². The molecule has 0 radical (unpaired) electrons. The van der Waals surface area contributed by atoms with Crippen LogP contribution in [0.2, 0.25) is 0 Å². The molecule has 3 rings (SSSR count). The van der Waals surface area contributed by atoms with E-state index in [0.717, 1.165) is 0 Å². The largest absolute Gasteiger partial charge is 0.309 e. The van der Waals surface area contributed by atoms with Crippen molar-refractivity contribution in [2.24, 2.45) is 0 Å². The predicted molar refractivity (Wildman–Crippen MR) is 93.3 cm³/mol. The van der Waals surface area contributed by atoms with Gasteiger partial charge in [0, 0.05) is 6.54 Å². The first-order chi connectivity index (χ1) is 12.1. The van der Waals surface area contributed by atoms with E-state index < -0.39 is 0 Å². The summed E-state index contributed by atoms with van der Waals surface area (Å²) in [5.41, 5.74) is 1.52. The molecule has 2 aromatic carbocycles. The van der Waals surface area contributed by atoms with Gasteiger partial charge >= 0.3 is 0 Å². The van der Waals surface area contributed by atoms with Crippen LogP contribution in [-0.2, 0) is 13.1 Å². The van der Waals surface area contributed by atoms with Crippen molar-refractivity contribution < 1.29 is 4.39 Å². The lowest BCUT2D eigenvalue weighted by Crippen LogP contribution is -2.25. The lowest BCUT2D eigenvalue weighted by Gasteiger charge is -2.20. The van der Waals surface area contributed by atoms with Crippen molar-refractivity contribution >= 4 is 10.9 Å². The number of aromatic nitrogens is 2. The van der Waals surface area contributed by atoms with Gasteiger partial charge in [0.15, 0.2) is 0 Å². The molecular formula is C19H17FN4O. The number of benzene rings is 2. The fourth-order valence-corrected chi connectivity index (χ4v) is 2.74. The van der Waals surface area contributed by atoms with Gasteiger partial charge in [0.05, 0.1) is 29.1 Å². The highest BCUT2D eigenvalue weighted by Gasteiger charge is 2.12. The van der Waals surface area contributed by atoms with E-state index in [-0.39, 0.29) is 11.4 Å². The number of hydrogen-bond donors (Lipinski definition) is 1. The fraction of sp³-hybridized carbons (Fsp3) is 0.211. The van der Waals surface area contributed by atoms with Crippen LogP contribution in [0.1, 0.15) is 23.9 Å².